The highest BCUT2D eigenvalue weighted by molar-refractivity contribution is 7.17. The molecule has 0 saturated carbocycles. The maximum atomic E-state index is 11.0. The Kier molecular flexibility index (Phi) is 2.59. The monoisotopic (exact) mass is 262 g/mol. The van der Waals surface area contributed by atoms with Gasteiger partial charge in [-0.1, -0.05) is 20.8 Å². The van der Waals surface area contributed by atoms with E-state index in [1.165, 1.54) is 17.0 Å². The Morgan fingerprint density at radius 3 is 2.94 bits per heavy atom. The third kappa shape index (κ3) is 1.70. The molecule has 18 heavy (non-hydrogen) atoms. The molecule has 3 nitrogen and oxygen atoms in total. The van der Waals surface area contributed by atoms with Crippen molar-refractivity contribution in [3.63, 3.8) is 0 Å². The van der Waals surface area contributed by atoms with E-state index in [2.05, 4.69) is 25.8 Å². The Balaban J connectivity index is 2.06. The number of aromatic nitrogens is 2. The van der Waals surface area contributed by atoms with Gasteiger partial charge in [-0.3, -0.25) is 9.20 Å². The van der Waals surface area contributed by atoms with Crippen LogP contribution < -0.4 is 0 Å². The van der Waals surface area contributed by atoms with Crippen LogP contribution in [0.25, 0.3) is 4.96 Å². The van der Waals surface area contributed by atoms with Crippen molar-refractivity contribution in [2.24, 2.45) is 11.3 Å². The number of hydrogen-bond acceptors (Lipinski definition) is 3. The van der Waals surface area contributed by atoms with Crippen molar-refractivity contribution >= 4 is 22.6 Å². The molecule has 1 atom stereocenters. The number of thiazole rings is 1. The summed E-state index contributed by atoms with van der Waals surface area (Å²) >= 11 is 1.75. The van der Waals surface area contributed by atoms with Gasteiger partial charge in [0, 0.05) is 10.6 Å². The number of carbonyl (C=O) groups is 1. The molecule has 96 valence electrons. The fourth-order valence-electron chi connectivity index (χ4n) is 2.85. The van der Waals surface area contributed by atoms with Crippen LogP contribution in [-0.2, 0) is 12.8 Å². The summed E-state index contributed by atoms with van der Waals surface area (Å²) in [5.41, 5.74) is 2.36. The third-order valence-corrected chi connectivity index (χ3v) is 5.19. The SMILES string of the molecule is CC(C)(C)C1CCc2c(sc3ncc(C=O)n23)C1. The lowest BCUT2D eigenvalue weighted by molar-refractivity contribution is 0.111. The summed E-state index contributed by atoms with van der Waals surface area (Å²) in [6.07, 6.45) is 5.98. The van der Waals surface area contributed by atoms with Gasteiger partial charge in [0.1, 0.15) is 5.69 Å². The Morgan fingerprint density at radius 1 is 1.50 bits per heavy atom. The van der Waals surface area contributed by atoms with Crippen LogP contribution in [0.3, 0.4) is 0 Å². The van der Waals surface area contributed by atoms with E-state index in [0.29, 0.717) is 11.1 Å². The number of imidazole rings is 1. The van der Waals surface area contributed by atoms with Gasteiger partial charge in [-0.2, -0.15) is 0 Å². The fourth-order valence-corrected chi connectivity index (χ4v) is 4.08. The van der Waals surface area contributed by atoms with Crippen molar-refractivity contribution in [3.8, 4) is 0 Å². The number of aldehydes is 1. The second-order valence-electron chi connectivity index (χ2n) is 6.20. The average molecular weight is 262 g/mol. The molecule has 4 heteroatoms. The molecule has 0 aliphatic heterocycles. The lowest BCUT2D eigenvalue weighted by Gasteiger charge is -2.33. The number of nitrogens with zero attached hydrogens (tertiary/aromatic N) is 2. The average Bonchev–Trinajstić information content (AvgIpc) is 2.84. The van der Waals surface area contributed by atoms with Crippen LogP contribution in [0, 0.1) is 11.3 Å². The van der Waals surface area contributed by atoms with Crippen molar-refractivity contribution in [2.45, 2.75) is 40.0 Å². The molecule has 2 heterocycles. The number of carbonyl (C=O) groups excluding carboxylic acids is 1. The fraction of sp³-hybridized carbons (Fsp3) is 0.571. The molecule has 3 rings (SSSR count). The minimum Gasteiger partial charge on any atom is -0.296 e. The van der Waals surface area contributed by atoms with E-state index in [-0.39, 0.29) is 0 Å². The summed E-state index contributed by atoms with van der Waals surface area (Å²) in [5.74, 6) is 0.730. The van der Waals surface area contributed by atoms with E-state index >= 15 is 0 Å². The first-order chi connectivity index (χ1) is 8.50. The molecule has 1 aliphatic rings. The predicted molar refractivity (Wildman–Crippen MR) is 73.4 cm³/mol. The second kappa shape index (κ2) is 3.92. The molecule has 2 aromatic rings. The zero-order valence-corrected chi connectivity index (χ0v) is 11.9. The topological polar surface area (TPSA) is 34.4 Å². The molecule has 1 unspecified atom stereocenters. The standard InChI is InChI=1S/C14H18N2OS/c1-14(2,3)9-4-5-11-12(6-9)18-13-15-7-10(8-17)16(11)13/h7-9H,4-6H2,1-3H3. The van der Waals surface area contributed by atoms with Crippen LogP contribution in [-0.4, -0.2) is 15.7 Å². The summed E-state index contributed by atoms with van der Waals surface area (Å²) in [6.45, 7) is 6.95. The minimum atomic E-state index is 0.358. The molecule has 0 spiro atoms. The summed E-state index contributed by atoms with van der Waals surface area (Å²) in [5, 5.41) is 0. The third-order valence-electron chi connectivity index (χ3n) is 4.07. The van der Waals surface area contributed by atoms with E-state index in [0.717, 1.165) is 30.0 Å². The van der Waals surface area contributed by atoms with E-state index in [4.69, 9.17) is 0 Å². The summed E-state index contributed by atoms with van der Waals surface area (Å²) in [7, 11) is 0. The van der Waals surface area contributed by atoms with E-state index in [9.17, 15) is 4.79 Å². The Bertz CT molecular complexity index is 603. The molecule has 0 bridgehead atoms. The van der Waals surface area contributed by atoms with Crippen LogP contribution in [0.1, 0.15) is 48.3 Å². The molecular weight excluding hydrogens is 244 g/mol. The molecule has 2 aromatic heterocycles. The largest absolute Gasteiger partial charge is 0.296 e. The quantitative estimate of drug-likeness (QED) is 0.739. The predicted octanol–water partition coefficient (Wildman–Crippen LogP) is 3.36. The van der Waals surface area contributed by atoms with Crippen LogP contribution in [0.5, 0.6) is 0 Å². The zero-order chi connectivity index (χ0) is 12.9. The number of rotatable bonds is 1. The highest BCUT2D eigenvalue weighted by atomic mass is 32.1. The maximum Gasteiger partial charge on any atom is 0.194 e. The number of hydrogen-bond donors (Lipinski definition) is 0. The number of fused-ring (bicyclic) bond motifs is 3. The zero-order valence-electron chi connectivity index (χ0n) is 11.1. The summed E-state index contributed by atoms with van der Waals surface area (Å²) in [4.78, 5) is 17.8. The van der Waals surface area contributed by atoms with Crippen LogP contribution in [0.15, 0.2) is 6.20 Å². The Morgan fingerprint density at radius 2 is 2.28 bits per heavy atom. The van der Waals surface area contributed by atoms with Crippen molar-refractivity contribution < 1.29 is 4.79 Å². The van der Waals surface area contributed by atoms with E-state index in [1.54, 1.807) is 17.5 Å². The summed E-state index contributed by atoms with van der Waals surface area (Å²) < 4.78 is 2.05. The second-order valence-corrected chi connectivity index (χ2v) is 7.26. The van der Waals surface area contributed by atoms with Crippen LogP contribution in [0.4, 0.5) is 0 Å². The van der Waals surface area contributed by atoms with Gasteiger partial charge >= 0.3 is 0 Å². The maximum absolute atomic E-state index is 11.0. The molecule has 0 N–H and O–H groups in total. The van der Waals surface area contributed by atoms with Crippen molar-refractivity contribution in [3.05, 3.63) is 22.5 Å². The van der Waals surface area contributed by atoms with Crippen molar-refractivity contribution in [2.75, 3.05) is 0 Å². The molecule has 0 fully saturated rings. The van der Waals surface area contributed by atoms with Crippen LogP contribution in [0.2, 0.25) is 0 Å². The van der Waals surface area contributed by atoms with Gasteiger partial charge in [-0.15, -0.1) is 11.3 Å². The van der Waals surface area contributed by atoms with Gasteiger partial charge in [0.2, 0.25) is 0 Å². The van der Waals surface area contributed by atoms with Crippen molar-refractivity contribution in [1.82, 2.24) is 9.38 Å². The first-order valence-electron chi connectivity index (χ1n) is 6.44. The first-order valence-corrected chi connectivity index (χ1v) is 7.25. The molecule has 0 amide bonds. The van der Waals surface area contributed by atoms with Gasteiger partial charge < -0.3 is 0 Å². The Hall–Kier alpha value is -1.16. The normalized spacial score (nSPS) is 20.1. The Labute approximate surface area is 111 Å². The minimum absolute atomic E-state index is 0.358. The molecule has 0 saturated heterocycles. The van der Waals surface area contributed by atoms with E-state index < -0.39 is 0 Å². The number of aryl methyl sites for hydroxylation is 1. The smallest absolute Gasteiger partial charge is 0.194 e. The highest BCUT2D eigenvalue weighted by Gasteiger charge is 2.31. The van der Waals surface area contributed by atoms with E-state index in [1.807, 2.05) is 4.40 Å². The first kappa shape index (κ1) is 11.9. The van der Waals surface area contributed by atoms with Gasteiger partial charge in [-0.25, -0.2) is 4.98 Å². The molecular formula is C14H18N2OS. The lowest BCUT2D eigenvalue weighted by Crippen LogP contribution is -2.26. The van der Waals surface area contributed by atoms with Gasteiger partial charge in [0.25, 0.3) is 0 Å². The molecule has 0 aromatic carbocycles. The highest BCUT2D eigenvalue weighted by Crippen LogP contribution is 2.40. The van der Waals surface area contributed by atoms with Gasteiger partial charge in [0.15, 0.2) is 11.2 Å². The van der Waals surface area contributed by atoms with Crippen LogP contribution >= 0.6 is 11.3 Å². The van der Waals surface area contributed by atoms with Gasteiger partial charge in [0.05, 0.1) is 6.20 Å². The van der Waals surface area contributed by atoms with Gasteiger partial charge in [-0.05, 0) is 30.6 Å². The molecule has 1 aliphatic carbocycles. The lowest BCUT2D eigenvalue weighted by atomic mass is 9.73. The summed E-state index contributed by atoms with van der Waals surface area (Å²) in [6, 6.07) is 0. The molecule has 0 radical (unpaired) electrons. The van der Waals surface area contributed by atoms with Crippen molar-refractivity contribution in [1.29, 1.82) is 0 Å².